The van der Waals surface area contributed by atoms with Crippen LogP contribution in [0.5, 0.6) is 0 Å². The number of hydrogen-bond donors (Lipinski definition) is 1. The van der Waals surface area contributed by atoms with Crippen molar-refractivity contribution < 1.29 is 4.79 Å². The molecule has 3 nitrogen and oxygen atoms in total. The minimum absolute atomic E-state index is 0.0397. The van der Waals surface area contributed by atoms with Crippen LogP contribution in [0.2, 0.25) is 0 Å². The standard InChI is InChI=1S/C18H14N2O/c21-18(14-7-3-1-4-8-14)16-13-19-12-11-17(16)20-15-9-5-2-6-10-15/h1-13H,(H,19,20). The third-order valence-electron chi connectivity index (χ3n) is 3.15. The number of nitrogens with one attached hydrogen (secondary N) is 1. The topological polar surface area (TPSA) is 42.0 Å². The summed E-state index contributed by atoms with van der Waals surface area (Å²) < 4.78 is 0. The quantitative estimate of drug-likeness (QED) is 0.730. The van der Waals surface area contributed by atoms with E-state index in [9.17, 15) is 4.79 Å². The Labute approximate surface area is 123 Å². The normalized spacial score (nSPS) is 10.1. The van der Waals surface area contributed by atoms with Crippen molar-refractivity contribution in [1.82, 2.24) is 4.98 Å². The molecule has 0 unspecified atom stereocenters. The number of benzene rings is 2. The molecule has 21 heavy (non-hydrogen) atoms. The summed E-state index contributed by atoms with van der Waals surface area (Å²) in [5.41, 5.74) is 2.91. The van der Waals surface area contributed by atoms with Gasteiger partial charge >= 0.3 is 0 Å². The van der Waals surface area contributed by atoms with Crippen LogP contribution in [0.25, 0.3) is 0 Å². The van der Waals surface area contributed by atoms with E-state index in [2.05, 4.69) is 10.3 Å². The van der Waals surface area contributed by atoms with Gasteiger partial charge in [0.2, 0.25) is 0 Å². The summed E-state index contributed by atoms with van der Waals surface area (Å²) in [6.45, 7) is 0. The molecule has 0 atom stereocenters. The second kappa shape index (κ2) is 6.01. The molecule has 0 aliphatic carbocycles. The lowest BCUT2D eigenvalue weighted by Crippen LogP contribution is -2.06. The van der Waals surface area contributed by atoms with Crippen LogP contribution in [0.4, 0.5) is 11.4 Å². The smallest absolute Gasteiger partial charge is 0.196 e. The van der Waals surface area contributed by atoms with Gasteiger partial charge in [-0.1, -0.05) is 48.5 Å². The van der Waals surface area contributed by atoms with E-state index < -0.39 is 0 Å². The lowest BCUT2D eigenvalue weighted by Gasteiger charge is -2.10. The number of ketones is 1. The van der Waals surface area contributed by atoms with Gasteiger partial charge in [-0.05, 0) is 18.2 Å². The van der Waals surface area contributed by atoms with Crippen LogP contribution in [-0.2, 0) is 0 Å². The summed E-state index contributed by atoms with van der Waals surface area (Å²) >= 11 is 0. The number of anilines is 2. The van der Waals surface area contributed by atoms with Gasteiger partial charge in [0.25, 0.3) is 0 Å². The summed E-state index contributed by atoms with van der Waals surface area (Å²) in [5, 5.41) is 3.26. The zero-order chi connectivity index (χ0) is 14.5. The highest BCUT2D eigenvalue weighted by molar-refractivity contribution is 6.12. The second-order valence-corrected chi connectivity index (χ2v) is 4.61. The molecule has 0 aliphatic heterocycles. The Morgan fingerprint density at radius 2 is 1.52 bits per heavy atom. The van der Waals surface area contributed by atoms with Crippen molar-refractivity contribution in [2.75, 3.05) is 5.32 Å². The van der Waals surface area contributed by atoms with Crippen LogP contribution in [0, 0.1) is 0 Å². The lowest BCUT2D eigenvalue weighted by molar-refractivity contribution is 0.103. The van der Waals surface area contributed by atoms with Crippen molar-refractivity contribution >= 4 is 17.2 Å². The molecule has 0 spiro atoms. The van der Waals surface area contributed by atoms with Gasteiger partial charge in [-0.15, -0.1) is 0 Å². The minimum Gasteiger partial charge on any atom is -0.355 e. The molecular weight excluding hydrogens is 260 g/mol. The molecule has 0 saturated heterocycles. The van der Waals surface area contributed by atoms with Gasteiger partial charge in [-0.25, -0.2) is 0 Å². The van der Waals surface area contributed by atoms with Crippen LogP contribution in [0.15, 0.2) is 79.1 Å². The number of carbonyl (C=O) groups is 1. The zero-order valence-corrected chi connectivity index (χ0v) is 11.4. The molecule has 3 heteroatoms. The SMILES string of the molecule is O=C(c1ccccc1)c1cnccc1Nc1ccccc1. The molecule has 1 aromatic heterocycles. The molecule has 3 rings (SSSR count). The Balaban J connectivity index is 1.95. The van der Waals surface area contributed by atoms with E-state index >= 15 is 0 Å². The van der Waals surface area contributed by atoms with Gasteiger partial charge in [-0.3, -0.25) is 9.78 Å². The van der Waals surface area contributed by atoms with E-state index in [1.165, 1.54) is 0 Å². The van der Waals surface area contributed by atoms with Crippen molar-refractivity contribution in [3.05, 3.63) is 90.3 Å². The van der Waals surface area contributed by atoms with Gasteiger partial charge < -0.3 is 5.32 Å². The molecule has 0 radical (unpaired) electrons. The maximum absolute atomic E-state index is 12.6. The van der Waals surface area contributed by atoms with Crippen LogP contribution in [0.3, 0.4) is 0 Å². The van der Waals surface area contributed by atoms with E-state index in [1.807, 2.05) is 66.7 Å². The first kappa shape index (κ1) is 13.1. The molecule has 102 valence electrons. The van der Waals surface area contributed by atoms with E-state index in [0.29, 0.717) is 11.1 Å². The molecule has 0 fully saturated rings. The number of aromatic nitrogens is 1. The van der Waals surface area contributed by atoms with Crippen molar-refractivity contribution in [2.24, 2.45) is 0 Å². The van der Waals surface area contributed by atoms with Crippen LogP contribution < -0.4 is 5.32 Å². The largest absolute Gasteiger partial charge is 0.355 e. The Kier molecular flexibility index (Phi) is 3.74. The molecule has 0 aliphatic rings. The molecule has 1 N–H and O–H groups in total. The molecular formula is C18H14N2O. The monoisotopic (exact) mass is 274 g/mol. The first-order chi connectivity index (χ1) is 10.3. The maximum Gasteiger partial charge on any atom is 0.196 e. The molecule has 3 aromatic rings. The average molecular weight is 274 g/mol. The second-order valence-electron chi connectivity index (χ2n) is 4.61. The highest BCUT2D eigenvalue weighted by Gasteiger charge is 2.13. The maximum atomic E-state index is 12.6. The lowest BCUT2D eigenvalue weighted by atomic mass is 10.0. The minimum atomic E-state index is -0.0397. The van der Waals surface area contributed by atoms with Crippen molar-refractivity contribution in [2.45, 2.75) is 0 Å². The third kappa shape index (κ3) is 2.98. The van der Waals surface area contributed by atoms with Crippen molar-refractivity contribution in [3.8, 4) is 0 Å². The van der Waals surface area contributed by atoms with E-state index in [-0.39, 0.29) is 5.78 Å². The van der Waals surface area contributed by atoms with Gasteiger partial charge in [0.15, 0.2) is 5.78 Å². The summed E-state index contributed by atoms with van der Waals surface area (Å²) in [5.74, 6) is -0.0397. The fourth-order valence-electron chi connectivity index (χ4n) is 2.11. The van der Waals surface area contributed by atoms with Crippen molar-refractivity contribution in [1.29, 1.82) is 0 Å². The highest BCUT2D eigenvalue weighted by atomic mass is 16.1. The first-order valence-corrected chi connectivity index (χ1v) is 6.70. The number of carbonyl (C=O) groups excluding carboxylic acids is 1. The fourth-order valence-corrected chi connectivity index (χ4v) is 2.11. The van der Waals surface area contributed by atoms with Crippen LogP contribution in [0.1, 0.15) is 15.9 Å². The van der Waals surface area contributed by atoms with E-state index in [0.717, 1.165) is 11.4 Å². The summed E-state index contributed by atoms with van der Waals surface area (Å²) in [6, 6.07) is 20.8. The van der Waals surface area contributed by atoms with Gasteiger partial charge in [0.05, 0.1) is 11.3 Å². The summed E-state index contributed by atoms with van der Waals surface area (Å²) in [6.07, 6.45) is 3.27. The van der Waals surface area contributed by atoms with Gasteiger partial charge in [0, 0.05) is 23.6 Å². The fraction of sp³-hybridized carbons (Fsp3) is 0. The molecule has 0 saturated carbocycles. The molecule has 1 heterocycles. The molecule has 0 bridgehead atoms. The number of pyridine rings is 1. The molecule has 0 amide bonds. The number of rotatable bonds is 4. The number of para-hydroxylation sites is 1. The third-order valence-corrected chi connectivity index (χ3v) is 3.15. The van der Waals surface area contributed by atoms with Gasteiger partial charge in [0.1, 0.15) is 0 Å². The van der Waals surface area contributed by atoms with E-state index in [4.69, 9.17) is 0 Å². The average Bonchev–Trinajstić information content (AvgIpc) is 2.56. The first-order valence-electron chi connectivity index (χ1n) is 6.70. The zero-order valence-electron chi connectivity index (χ0n) is 11.4. The predicted octanol–water partition coefficient (Wildman–Crippen LogP) is 4.06. The van der Waals surface area contributed by atoms with Crippen LogP contribution >= 0.6 is 0 Å². The van der Waals surface area contributed by atoms with Crippen LogP contribution in [-0.4, -0.2) is 10.8 Å². The Morgan fingerprint density at radius 3 is 2.24 bits per heavy atom. The van der Waals surface area contributed by atoms with Crippen molar-refractivity contribution in [3.63, 3.8) is 0 Å². The van der Waals surface area contributed by atoms with E-state index in [1.54, 1.807) is 12.4 Å². The Hall–Kier alpha value is -2.94. The summed E-state index contributed by atoms with van der Waals surface area (Å²) in [7, 11) is 0. The highest BCUT2D eigenvalue weighted by Crippen LogP contribution is 2.22. The Morgan fingerprint density at radius 1 is 0.857 bits per heavy atom. The van der Waals surface area contributed by atoms with Gasteiger partial charge in [-0.2, -0.15) is 0 Å². The summed E-state index contributed by atoms with van der Waals surface area (Å²) in [4.78, 5) is 16.7. The number of hydrogen-bond acceptors (Lipinski definition) is 3. The Bertz CT molecular complexity index is 739. The molecule has 2 aromatic carbocycles. The predicted molar refractivity (Wildman–Crippen MR) is 83.8 cm³/mol. The number of nitrogens with zero attached hydrogens (tertiary/aromatic N) is 1.